The summed E-state index contributed by atoms with van der Waals surface area (Å²) in [5.74, 6) is -0.597. The second-order valence-corrected chi connectivity index (χ2v) is 8.34. The Hall–Kier alpha value is -2.24. The summed E-state index contributed by atoms with van der Waals surface area (Å²) in [5.41, 5.74) is 0.405. The van der Waals surface area contributed by atoms with Gasteiger partial charge in [0.1, 0.15) is 11.4 Å². The zero-order chi connectivity index (χ0) is 20.0. The maximum Gasteiger partial charge on any atom is 0.407 e. The lowest BCUT2D eigenvalue weighted by molar-refractivity contribution is -0.141. The summed E-state index contributed by atoms with van der Waals surface area (Å²) in [6.07, 6.45) is 4.09. The molecule has 1 aromatic rings. The Morgan fingerprint density at radius 3 is 2.33 bits per heavy atom. The van der Waals surface area contributed by atoms with E-state index in [2.05, 4.69) is 5.32 Å². The Bertz CT molecular complexity index is 631. The highest BCUT2D eigenvalue weighted by Gasteiger charge is 2.24. The fourth-order valence-electron chi connectivity index (χ4n) is 2.86. The molecule has 1 aromatic carbocycles. The first-order valence-corrected chi connectivity index (χ1v) is 9.60. The first kappa shape index (κ1) is 21.1. The lowest BCUT2D eigenvalue weighted by Crippen LogP contribution is -2.41. The normalized spacial score (nSPS) is 16.7. The van der Waals surface area contributed by atoms with Gasteiger partial charge in [0.15, 0.2) is 0 Å². The lowest BCUT2D eigenvalue weighted by atomic mass is 9.95. The Morgan fingerprint density at radius 2 is 1.85 bits per heavy atom. The average molecular weight is 377 g/mol. The number of amides is 1. The van der Waals surface area contributed by atoms with Crippen LogP contribution in [0.4, 0.5) is 4.79 Å². The lowest BCUT2D eigenvalue weighted by Gasteiger charge is -2.26. The Balaban J connectivity index is 1.98. The zero-order valence-electron chi connectivity index (χ0n) is 16.7. The Labute approximate surface area is 161 Å². The molecule has 1 amide bonds. The number of hydrogen-bond acceptors (Lipinski definition) is 4. The van der Waals surface area contributed by atoms with Crippen LogP contribution in [0.5, 0.6) is 5.75 Å². The van der Waals surface area contributed by atoms with Gasteiger partial charge >= 0.3 is 12.1 Å². The van der Waals surface area contributed by atoms with Crippen LogP contribution in [0.15, 0.2) is 24.3 Å². The largest absolute Gasteiger partial charge is 0.490 e. The molecule has 27 heavy (non-hydrogen) atoms. The number of carboxylic acids is 1. The first-order chi connectivity index (χ1) is 12.6. The van der Waals surface area contributed by atoms with Gasteiger partial charge in [0.2, 0.25) is 0 Å². The van der Waals surface area contributed by atoms with Gasteiger partial charge in [-0.25, -0.2) is 4.79 Å². The van der Waals surface area contributed by atoms with E-state index in [-0.39, 0.29) is 6.04 Å². The highest BCUT2D eigenvalue weighted by atomic mass is 16.6. The molecular weight excluding hydrogens is 346 g/mol. The van der Waals surface area contributed by atoms with Gasteiger partial charge in [-0.1, -0.05) is 19.1 Å². The molecule has 0 aromatic heterocycles. The van der Waals surface area contributed by atoms with Crippen LogP contribution in [0, 0.1) is 5.92 Å². The van der Waals surface area contributed by atoms with E-state index in [0.717, 1.165) is 24.2 Å². The molecule has 1 fully saturated rings. The van der Waals surface area contributed by atoms with Crippen molar-refractivity contribution in [2.75, 3.05) is 0 Å². The van der Waals surface area contributed by atoms with Crippen LogP contribution in [-0.2, 0) is 16.0 Å². The van der Waals surface area contributed by atoms with E-state index >= 15 is 0 Å². The molecule has 6 nitrogen and oxygen atoms in total. The Kier molecular flexibility index (Phi) is 7.11. The van der Waals surface area contributed by atoms with Gasteiger partial charge in [0, 0.05) is 6.04 Å². The van der Waals surface area contributed by atoms with Gasteiger partial charge in [-0.2, -0.15) is 0 Å². The number of alkyl carbamates (subject to hydrolysis) is 1. The van der Waals surface area contributed by atoms with Crippen LogP contribution < -0.4 is 10.1 Å². The standard InChI is InChI=1S/C21H31NO5/c1-14(19(23)24)12-16(22-20(25)27-21(2,3)4)13-15-8-10-18(11-9-15)26-17-6-5-7-17/h8-11,14,16-17H,5-7,12-13H2,1-4H3,(H,22,25)(H,23,24)/t14-,16+/m0/s1. The third-order valence-corrected chi connectivity index (χ3v) is 4.54. The molecular formula is C21H31NO5. The number of carbonyl (C=O) groups excluding carboxylic acids is 1. The van der Waals surface area contributed by atoms with E-state index in [1.54, 1.807) is 27.7 Å². The SMILES string of the molecule is C[C@@H](C[C@H](Cc1ccc(OC2CCC2)cc1)NC(=O)OC(C)(C)C)C(=O)O. The van der Waals surface area contributed by atoms with Crippen LogP contribution in [0.3, 0.4) is 0 Å². The molecule has 0 unspecified atom stereocenters. The summed E-state index contributed by atoms with van der Waals surface area (Å²) in [6, 6.07) is 7.45. The number of ether oxygens (including phenoxy) is 2. The monoisotopic (exact) mass is 377 g/mol. The highest BCUT2D eigenvalue weighted by Crippen LogP contribution is 2.25. The molecule has 0 spiro atoms. The molecule has 0 bridgehead atoms. The molecule has 0 aliphatic heterocycles. The topological polar surface area (TPSA) is 84.9 Å². The average Bonchev–Trinajstić information content (AvgIpc) is 2.50. The summed E-state index contributed by atoms with van der Waals surface area (Å²) in [4.78, 5) is 23.3. The van der Waals surface area contributed by atoms with E-state index in [0.29, 0.717) is 18.9 Å². The molecule has 1 aliphatic rings. The van der Waals surface area contributed by atoms with Crippen molar-refractivity contribution in [3.05, 3.63) is 29.8 Å². The summed E-state index contributed by atoms with van der Waals surface area (Å²) in [7, 11) is 0. The second kappa shape index (κ2) is 9.11. The molecule has 150 valence electrons. The molecule has 0 radical (unpaired) electrons. The van der Waals surface area contributed by atoms with Crippen LogP contribution in [0.1, 0.15) is 58.9 Å². The van der Waals surface area contributed by atoms with Gasteiger partial charge < -0.3 is 19.9 Å². The molecule has 1 saturated carbocycles. The van der Waals surface area contributed by atoms with E-state index in [1.807, 2.05) is 24.3 Å². The Morgan fingerprint density at radius 1 is 1.22 bits per heavy atom. The quantitative estimate of drug-likeness (QED) is 0.710. The van der Waals surface area contributed by atoms with E-state index in [9.17, 15) is 14.7 Å². The first-order valence-electron chi connectivity index (χ1n) is 9.60. The smallest absolute Gasteiger partial charge is 0.407 e. The molecule has 0 saturated heterocycles. The van der Waals surface area contributed by atoms with E-state index in [1.165, 1.54) is 6.42 Å². The van der Waals surface area contributed by atoms with Crippen LogP contribution in [-0.4, -0.2) is 34.9 Å². The third-order valence-electron chi connectivity index (χ3n) is 4.54. The fraction of sp³-hybridized carbons (Fsp3) is 0.619. The van der Waals surface area contributed by atoms with Gasteiger partial charge in [-0.05, 0) is 70.6 Å². The molecule has 1 aliphatic carbocycles. The minimum atomic E-state index is -0.879. The molecule has 6 heteroatoms. The molecule has 2 atom stereocenters. The second-order valence-electron chi connectivity index (χ2n) is 8.34. The van der Waals surface area contributed by atoms with E-state index < -0.39 is 23.6 Å². The van der Waals surface area contributed by atoms with Crippen LogP contribution in [0.25, 0.3) is 0 Å². The van der Waals surface area contributed by atoms with Crippen molar-refractivity contribution in [1.29, 1.82) is 0 Å². The van der Waals surface area contributed by atoms with Gasteiger partial charge in [-0.15, -0.1) is 0 Å². The summed E-state index contributed by atoms with van der Waals surface area (Å²) >= 11 is 0. The number of nitrogens with one attached hydrogen (secondary N) is 1. The van der Waals surface area contributed by atoms with Crippen molar-refractivity contribution in [3.63, 3.8) is 0 Å². The predicted molar refractivity (Wildman–Crippen MR) is 103 cm³/mol. The van der Waals surface area contributed by atoms with Gasteiger partial charge in [-0.3, -0.25) is 4.79 Å². The van der Waals surface area contributed by atoms with Gasteiger partial charge in [0.25, 0.3) is 0 Å². The maximum absolute atomic E-state index is 12.1. The van der Waals surface area contributed by atoms with E-state index in [4.69, 9.17) is 9.47 Å². The summed E-state index contributed by atoms with van der Waals surface area (Å²) in [5, 5.41) is 12.0. The van der Waals surface area contributed by atoms with Crippen molar-refractivity contribution < 1.29 is 24.2 Å². The van der Waals surface area contributed by atoms with Crippen molar-refractivity contribution in [3.8, 4) is 5.75 Å². The molecule has 2 rings (SSSR count). The minimum Gasteiger partial charge on any atom is -0.490 e. The number of carbonyl (C=O) groups is 2. The van der Waals surface area contributed by atoms with Crippen molar-refractivity contribution in [1.82, 2.24) is 5.32 Å². The highest BCUT2D eigenvalue weighted by molar-refractivity contribution is 5.70. The fourth-order valence-corrected chi connectivity index (χ4v) is 2.86. The van der Waals surface area contributed by atoms with Crippen molar-refractivity contribution in [2.45, 2.75) is 77.5 Å². The van der Waals surface area contributed by atoms with Crippen LogP contribution >= 0.6 is 0 Å². The minimum absolute atomic E-state index is 0.328. The van der Waals surface area contributed by atoms with Gasteiger partial charge in [0.05, 0.1) is 12.0 Å². The van der Waals surface area contributed by atoms with Crippen molar-refractivity contribution in [2.24, 2.45) is 5.92 Å². The van der Waals surface area contributed by atoms with Crippen LogP contribution in [0.2, 0.25) is 0 Å². The number of aliphatic carboxylic acids is 1. The molecule has 2 N–H and O–H groups in total. The number of benzene rings is 1. The number of carboxylic acid groups (broad SMARTS) is 1. The number of hydrogen-bond donors (Lipinski definition) is 2. The third kappa shape index (κ3) is 7.49. The predicted octanol–water partition coefficient (Wildman–Crippen LogP) is 4.16. The maximum atomic E-state index is 12.1. The number of rotatable bonds is 8. The zero-order valence-corrected chi connectivity index (χ0v) is 16.7. The van der Waals surface area contributed by atoms with Crippen molar-refractivity contribution >= 4 is 12.1 Å². The molecule has 0 heterocycles. The summed E-state index contributed by atoms with van der Waals surface area (Å²) in [6.45, 7) is 7.02. The summed E-state index contributed by atoms with van der Waals surface area (Å²) < 4.78 is 11.2.